The lowest BCUT2D eigenvalue weighted by atomic mass is 10.1. The first-order chi connectivity index (χ1) is 11.8. The number of nitrogens with one attached hydrogen (secondary N) is 1. The first-order valence-electron chi connectivity index (χ1n) is 8.72. The zero-order chi connectivity index (χ0) is 16.4. The normalized spacial score (nSPS) is 18.6. The van der Waals surface area contributed by atoms with Gasteiger partial charge >= 0.3 is 0 Å². The summed E-state index contributed by atoms with van der Waals surface area (Å²) in [4.78, 5) is 7.36. The fourth-order valence-electron chi connectivity index (χ4n) is 3.82. The highest BCUT2D eigenvalue weighted by Gasteiger charge is 2.24. The van der Waals surface area contributed by atoms with Gasteiger partial charge in [0.15, 0.2) is 0 Å². The van der Waals surface area contributed by atoms with E-state index in [1.165, 1.54) is 46.3 Å². The molecular formula is C20H24N2OS. The van der Waals surface area contributed by atoms with E-state index in [1.54, 1.807) is 11.3 Å². The highest BCUT2D eigenvalue weighted by Crippen LogP contribution is 2.29. The molecule has 3 heterocycles. The Morgan fingerprint density at radius 1 is 1.33 bits per heavy atom. The molecule has 1 atom stereocenters. The summed E-state index contributed by atoms with van der Waals surface area (Å²) in [7, 11) is 1.81. The Labute approximate surface area is 147 Å². The maximum atomic E-state index is 5.37. The molecule has 1 saturated heterocycles. The third kappa shape index (κ3) is 3.14. The monoisotopic (exact) mass is 340 g/mol. The van der Waals surface area contributed by atoms with Crippen molar-refractivity contribution in [2.45, 2.75) is 25.3 Å². The van der Waals surface area contributed by atoms with Gasteiger partial charge in [-0.2, -0.15) is 0 Å². The molecule has 0 bridgehead atoms. The number of likely N-dealkylation sites (tertiary alicyclic amines) is 1. The fraction of sp³-hybridized carbons (Fsp3) is 0.400. The lowest BCUT2D eigenvalue weighted by Crippen LogP contribution is -2.34. The second-order valence-electron chi connectivity index (χ2n) is 6.59. The molecule has 126 valence electrons. The van der Waals surface area contributed by atoms with Crippen molar-refractivity contribution in [1.29, 1.82) is 0 Å². The van der Waals surface area contributed by atoms with Gasteiger partial charge in [-0.1, -0.05) is 12.1 Å². The number of benzene rings is 1. The van der Waals surface area contributed by atoms with Crippen LogP contribution in [0.1, 0.15) is 18.4 Å². The summed E-state index contributed by atoms with van der Waals surface area (Å²) in [5, 5.41) is 3.50. The molecule has 1 unspecified atom stereocenters. The molecule has 0 radical (unpaired) electrons. The molecule has 24 heavy (non-hydrogen) atoms. The van der Waals surface area contributed by atoms with E-state index in [2.05, 4.69) is 51.8 Å². The number of methoxy groups -OCH3 is 1. The maximum Gasteiger partial charge on any atom is 0.0618 e. The van der Waals surface area contributed by atoms with Crippen LogP contribution in [0.4, 0.5) is 0 Å². The van der Waals surface area contributed by atoms with E-state index in [1.807, 2.05) is 7.11 Å². The van der Waals surface area contributed by atoms with Crippen molar-refractivity contribution >= 4 is 22.2 Å². The van der Waals surface area contributed by atoms with Crippen molar-refractivity contribution < 1.29 is 4.74 Å². The second-order valence-corrected chi connectivity index (χ2v) is 7.54. The Kier molecular flexibility index (Phi) is 4.69. The first kappa shape index (κ1) is 15.9. The van der Waals surface area contributed by atoms with Crippen LogP contribution in [0.3, 0.4) is 0 Å². The predicted octanol–water partition coefficient (Wildman–Crippen LogP) is 4.55. The maximum absolute atomic E-state index is 5.37. The zero-order valence-corrected chi connectivity index (χ0v) is 14.9. The van der Waals surface area contributed by atoms with Crippen LogP contribution in [0, 0.1) is 0 Å². The van der Waals surface area contributed by atoms with Gasteiger partial charge in [-0.25, -0.2) is 0 Å². The van der Waals surface area contributed by atoms with Crippen LogP contribution in [0.25, 0.3) is 21.3 Å². The van der Waals surface area contributed by atoms with Crippen molar-refractivity contribution in [2.75, 3.05) is 26.8 Å². The second kappa shape index (κ2) is 7.09. The summed E-state index contributed by atoms with van der Waals surface area (Å²) in [5.74, 6) is 0. The predicted molar refractivity (Wildman–Crippen MR) is 102 cm³/mol. The fourth-order valence-corrected chi connectivity index (χ4v) is 4.54. The van der Waals surface area contributed by atoms with E-state index in [-0.39, 0.29) is 0 Å². The van der Waals surface area contributed by atoms with E-state index in [4.69, 9.17) is 4.74 Å². The third-order valence-electron chi connectivity index (χ3n) is 5.10. The number of hydrogen-bond donors (Lipinski definition) is 1. The molecule has 1 aliphatic rings. The smallest absolute Gasteiger partial charge is 0.0618 e. The van der Waals surface area contributed by atoms with Crippen molar-refractivity contribution in [2.24, 2.45) is 0 Å². The summed E-state index contributed by atoms with van der Waals surface area (Å²) in [6.07, 6.45) is 5.84. The molecule has 1 aromatic carbocycles. The number of rotatable bonds is 6. The lowest BCUT2D eigenvalue weighted by molar-refractivity contribution is 0.116. The van der Waals surface area contributed by atoms with Gasteiger partial charge in [0.2, 0.25) is 0 Å². The minimum atomic E-state index is 0.599. The molecule has 3 aromatic rings. The van der Waals surface area contributed by atoms with E-state index in [0.717, 1.165) is 19.6 Å². The lowest BCUT2D eigenvalue weighted by Gasteiger charge is -2.23. The minimum Gasteiger partial charge on any atom is -0.383 e. The standard InChI is InChI=1S/C20H24N2OS/c1-23-14-17-4-2-9-22(17)10-8-16-13-21-19-7-6-15(12-18(16)19)20-5-3-11-24-20/h3,5-7,11-13,17,21H,2,4,8-10,14H2,1H3. The van der Waals surface area contributed by atoms with Crippen LogP contribution in [0.2, 0.25) is 0 Å². The minimum absolute atomic E-state index is 0.599. The first-order valence-corrected chi connectivity index (χ1v) is 9.60. The highest BCUT2D eigenvalue weighted by atomic mass is 32.1. The zero-order valence-electron chi connectivity index (χ0n) is 14.1. The summed E-state index contributed by atoms with van der Waals surface area (Å²) in [6, 6.07) is 11.7. The molecule has 3 nitrogen and oxygen atoms in total. The van der Waals surface area contributed by atoms with Gasteiger partial charge in [0.25, 0.3) is 0 Å². The Bertz CT molecular complexity index is 793. The van der Waals surface area contributed by atoms with Crippen LogP contribution in [-0.4, -0.2) is 42.7 Å². The van der Waals surface area contributed by atoms with Crippen LogP contribution in [0.15, 0.2) is 41.9 Å². The number of thiophene rings is 1. The van der Waals surface area contributed by atoms with E-state index >= 15 is 0 Å². The third-order valence-corrected chi connectivity index (χ3v) is 6.02. The highest BCUT2D eigenvalue weighted by molar-refractivity contribution is 7.13. The number of nitrogens with zero attached hydrogens (tertiary/aromatic N) is 1. The summed E-state index contributed by atoms with van der Waals surface area (Å²) < 4.78 is 5.37. The summed E-state index contributed by atoms with van der Waals surface area (Å²) in [6.45, 7) is 3.18. The van der Waals surface area contributed by atoms with Gasteiger partial charge in [-0.15, -0.1) is 11.3 Å². The van der Waals surface area contributed by atoms with Crippen LogP contribution < -0.4 is 0 Å². The summed E-state index contributed by atoms with van der Waals surface area (Å²) in [5.41, 5.74) is 3.98. The van der Waals surface area contributed by atoms with Crippen LogP contribution in [-0.2, 0) is 11.2 Å². The quantitative estimate of drug-likeness (QED) is 0.713. The van der Waals surface area contributed by atoms with Crippen LogP contribution in [0.5, 0.6) is 0 Å². The average Bonchev–Trinajstić information content (AvgIpc) is 3.34. The number of aromatic nitrogens is 1. The Morgan fingerprint density at radius 3 is 3.12 bits per heavy atom. The van der Waals surface area contributed by atoms with Gasteiger partial charge in [-0.3, -0.25) is 4.90 Å². The average molecular weight is 340 g/mol. The Balaban J connectivity index is 1.53. The topological polar surface area (TPSA) is 28.3 Å². The molecule has 1 fully saturated rings. The number of ether oxygens (including phenoxy) is 1. The van der Waals surface area contributed by atoms with E-state index in [9.17, 15) is 0 Å². The molecule has 4 heteroatoms. The molecule has 1 aliphatic heterocycles. The Morgan fingerprint density at radius 2 is 2.29 bits per heavy atom. The number of fused-ring (bicyclic) bond motifs is 1. The van der Waals surface area contributed by atoms with Crippen molar-refractivity contribution in [3.05, 3.63) is 47.5 Å². The molecule has 0 saturated carbocycles. The number of hydrogen-bond acceptors (Lipinski definition) is 3. The SMILES string of the molecule is COCC1CCCN1CCc1c[nH]c2ccc(-c3cccs3)cc12. The van der Waals surface area contributed by atoms with Crippen LogP contribution >= 0.6 is 11.3 Å². The van der Waals surface area contributed by atoms with Crippen molar-refractivity contribution in [3.63, 3.8) is 0 Å². The molecule has 0 spiro atoms. The molecule has 4 rings (SSSR count). The van der Waals surface area contributed by atoms with Gasteiger partial charge < -0.3 is 9.72 Å². The van der Waals surface area contributed by atoms with Crippen molar-refractivity contribution in [3.8, 4) is 10.4 Å². The molecular weight excluding hydrogens is 316 g/mol. The molecule has 1 N–H and O–H groups in total. The van der Waals surface area contributed by atoms with Gasteiger partial charge in [0.1, 0.15) is 0 Å². The molecule has 2 aromatic heterocycles. The van der Waals surface area contributed by atoms with Gasteiger partial charge in [-0.05, 0) is 60.5 Å². The van der Waals surface area contributed by atoms with E-state index in [0.29, 0.717) is 6.04 Å². The Hall–Kier alpha value is -1.62. The molecule has 0 amide bonds. The van der Waals surface area contributed by atoms with Gasteiger partial charge in [0, 0.05) is 41.7 Å². The van der Waals surface area contributed by atoms with E-state index < -0.39 is 0 Å². The number of H-pyrrole nitrogens is 1. The molecule has 0 aliphatic carbocycles. The van der Waals surface area contributed by atoms with Crippen molar-refractivity contribution in [1.82, 2.24) is 9.88 Å². The largest absolute Gasteiger partial charge is 0.383 e. The number of aromatic amines is 1. The summed E-state index contributed by atoms with van der Waals surface area (Å²) >= 11 is 1.80. The van der Waals surface area contributed by atoms with Gasteiger partial charge in [0.05, 0.1) is 6.61 Å².